The Morgan fingerprint density at radius 3 is 2.33 bits per heavy atom. The minimum Gasteiger partial charge on any atom is -0.384 e. The molecule has 190 valence electrons. The third-order valence-corrected chi connectivity index (χ3v) is 6.63. The Balaban J connectivity index is 1.69. The van der Waals surface area contributed by atoms with Gasteiger partial charge in [0, 0.05) is 35.0 Å². The highest BCUT2D eigenvalue weighted by Gasteiger charge is 2.16. The van der Waals surface area contributed by atoms with Gasteiger partial charge in [-0.1, -0.05) is 48.9 Å². The molecule has 1 amide bonds. The molecule has 3 rings (SSSR count). The summed E-state index contributed by atoms with van der Waals surface area (Å²) in [6, 6.07) is 20.5. The maximum atomic E-state index is 12.8. The van der Waals surface area contributed by atoms with Crippen molar-refractivity contribution in [2.24, 2.45) is 16.6 Å². The number of carbonyl (C=O) groups is 1. The van der Waals surface area contributed by atoms with E-state index in [1.807, 2.05) is 12.1 Å². The first-order valence-electron chi connectivity index (χ1n) is 11.6. The van der Waals surface area contributed by atoms with Gasteiger partial charge < -0.3 is 22.1 Å². The summed E-state index contributed by atoms with van der Waals surface area (Å²) in [6.07, 6.45) is 2.70. The number of amidine groups is 1. The average molecular weight is 509 g/mol. The molecule has 36 heavy (non-hydrogen) atoms. The molecule has 0 aromatic heterocycles. The van der Waals surface area contributed by atoms with Gasteiger partial charge in [0.2, 0.25) is 15.9 Å². The Labute approximate surface area is 211 Å². The van der Waals surface area contributed by atoms with Crippen molar-refractivity contribution in [3.05, 3.63) is 78.4 Å². The topological polar surface area (TPSA) is 177 Å². The van der Waals surface area contributed by atoms with E-state index in [1.165, 1.54) is 6.07 Å². The smallest absolute Gasteiger partial charge is 0.238 e. The highest BCUT2D eigenvalue weighted by molar-refractivity contribution is 7.89. The second-order valence-corrected chi connectivity index (χ2v) is 10.0. The zero-order valence-corrected chi connectivity index (χ0v) is 20.7. The number of amides is 1. The van der Waals surface area contributed by atoms with Gasteiger partial charge in [-0.25, -0.2) is 13.6 Å². The lowest BCUT2D eigenvalue weighted by atomic mass is 10.0. The van der Waals surface area contributed by atoms with Crippen LogP contribution in [0.1, 0.15) is 31.2 Å². The van der Waals surface area contributed by atoms with Crippen molar-refractivity contribution in [3.63, 3.8) is 0 Å². The van der Waals surface area contributed by atoms with Crippen molar-refractivity contribution in [2.45, 2.75) is 36.6 Å². The first kappa shape index (κ1) is 26.9. The maximum absolute atomic E-state index is 12.8. The number of unbranched alkanes of at least 4 members (excludes halogenated alkanes) is 1. The van der Waals surface area contributed by atoms with Crippen LogP contribution in [0, 0.1) is 5.41 Å². The third kappa shape index (κ3) is 7.64. The Morgan fingerprint density at radius 1 is 0.944 bits per heavy atom. The minimum atomic E-state index is -3.87. The van der Waals surface area contributed by atoms with E-state index >= 15 is 0 Å². The van der Waals surface area contributed by atoms with Gasteiger partial charge in [0.05, 0.1) is 4.90 Å². The molecule has 1 atom stereocenters. The molecule has 0 radical (unpaired) electrons. The molecule has 0 aliphatic rings. The lowest BCUT2D eigenvalue weighted by Gasteiger charge is -2.20. The molecule has 0 bridgehead atoms. The summed E-state index contributed by atoms with van der Waals surface area (Å²) >= 11 is 0. The normalized spacial score (nSPS) is 12.1. The lowest BCUT2D eigenvalue weighted by Crippen LogP contribution is -2.27. The maximum Gasteiger partial charge on any atom is 0.238 e. The molecule has 0 unspecified atom stereocenters. The number of sulfonamides is 1. The number of benzene rings is 3. The van der Waals surface area contributed by atoms with E-state index in [-0.39, 0.29) is 29.1 Å². The van der Waals surface area contributed by atoms with Gasteiger partial charge >= 0.3 is 0 Å². The quantitative estimate of drug-likeness (QED) is 0.124. The molecule has 0 aliphatic carbocycles. The molecule has 3 aromatic rings. The number of anilines is 2. The van der Waals surface area contributed by atoms with E-state index < -0.39 is 10.0 Å². The SMILES string of the molecule is N=C(N)c1cccc(N[C@@H](CCCCN)CC(=O)Nc2ccc(-c3ccccc3S(N)(=O)=O)cc2)c1. The summed E-state index contributed by atoms with van der Waals surface area (Å²) in [6.45, 7) is 0.583. The zero-order valence-electron chi connectivity index (χ0n) is 19.9. The van der Waals surface area contributed by atoms with E-state index in [0.29, 0.717) is 28.9 Å². The van der Waals surface area contributed by atoms with Crippen LogP contribution in [0.4, 0.5) is 11.4 Å². The van der Waals surface area contributed by atoms with Crippen LogP contribution in [-0.4, -0.2) is 32.7 Å². The van der Waals surface area contributed by atoms with Gasteiger partial charge in [-0.15, -0.1) is 0 Å². The van der Waals surface area contributed by atoms with E-state index in [0.717, 1.165) is 24.9 Å². The third-order valence-electron chi connectivity index (χ3n) is 5.66. The molecule has 0 aliphatic heterocycles. The molecular formula is C26H32N6O3S. The second kappa shape index (κ2) is 12.3. The number of nitrogens with one attached hydrogen (secondary N) is 3. The van der Waals surface area contributed by atoms with Crippen molar-refractivity contribution in [1.82, 2.24) is 0 Å². The highest BCUT2D eigenvalue weighted by Crippen LogP contribution is 2.27. The van der Waals surface area contributed by atoms with Gasteiger partial charge in [-0.3, -0.25) is 10.2 Å². The number of hydrogen-bond acceptors (Lipinski definition) is 6. The number of nitrogen functional groups attached to an aromatic ring is 1. The minimum absolute atomic E-state index is 0.0220. The fourth-order valence-electron chi connectivity index (χ4n) is 3.89. The van der Waals surface area contributed by atoms with E-state index in [1.54, 1.807) is 54.6 Å². The van der Waals surface area contributed by atoms with Gasteiger partial charge in [0.25, 0.3) is 0 Å². The summed E-state index contributed by atoms with van der Waals surface area (Å²) in [5.74, 6) is -0.188. The number of carbonyl (C=O) groups excluding carboxylic acids is 1. The first-order chi connectivity index (χ1) is 17.2. The summed E-state index contributed by atoms with van der Waals surface area (Å²) in [4.78, 5) is 12.9. The van der Waals surface area contributed by atoms with Crippen molar-refractivity contribution in [3.8, 4) is 11.1 Å². The molecule has 3 aromatic carbocycles. The first-order valence-corrected chi connectivity index (χ1v) is 13.1. The Hall–Kier alpha value is -3.73. The van der Waals surface area contributed by atoms with Crippen LogP contribution < -0.4 is 27.2 Å². The Bertz CT molecular complexity index is 1310. The van der Waals surface area contributed by atoms with Gasteiger partial charge in [-0.2, -0.15) is 0 Å². The summed E-state index contributed by atoms with van der Waals surface area (Å²) in [7, 11) is -3.87. The van der Waals surface area contributed by atoms with Crippen LogP contribution in [0.3, 0.4) is 0 Å². The molecule has 0 heterocycles. The molecule has 0 saturated carbocycles. The molecule has 10 heteroatoms. The van der Waals surface area contributed by atoms with Crippen LogP contribution in [0.15, 0.2) is 77.7 Å². The van der Waals surface area contributed by atoms with E-state index in [2.05, 4.69) is 10.6 Å². The van der Waals surface area contributed by atoms with Crippen LogP contribution in [0.5, 0.6) is 0 Å². The van der Waals surface area contributed by atoms with Crippen molar-refractivity contribution in [2.75, 3.05) is 17.2 Å². The van der Waals surface area contributed by atoms with Crippen molar-refractivity contribution < 1.29 is 13.2 Å². The molecule has 0 spiro atoms. The molecule has 0 saturated heterocycles. The van der Waals surface area contributed by atoms with Crippen molar-refractivity contribution in [1.29, 1.82) is 5.41 Å². The van der Waals surface area contributed by atoms with Crippen LogP contribution in [0.2, 0.25) is 0 Å². The molecular weight excluding hydrogens is 476 g/mol. The zero-order chi connectivity index (χ0) is 26.1. The molecule has 0 fully saturated rings. The Kier molecular flexibility index (Phi) is 9.18. The van der Waals surface area contributed by atoms with Gasteiger partial charge in [0.1, 0.15) is 5.84 Å². The fraction of sp³-hybridized carbons (Fsp3) is 0.231. The molecule has 9 N–H and O–H groups in total. The highest BCUT2D eigenvalue weighted by atomic mass is 32.2. The number of rotatable bonds is 12. The lowest BCUT2D eigenvalue weighted by molar-refractivity contribution is -0.116. The summed E-state index contributed by atoms with van der Waals surface area (Å²) in [5, 5.41) is 19.3. The number of hydrogen-bond donors (Lipinski definition) is 6. The molecule has 9 nitrogen and oxygen atoms in total. The van der Waals surface area contributed by atoms with Gasteiger partial charge in [-0.05, 0) is 55.3 Å². The Morgan fingerprint density at radius 2 is 1.67 bits per heavy atom. The fourth-order valence-corrected chi connectivity index (χ4v) is 4.66. The van der Waals surface area contributed by atoms with Crippen molar-refractivity contribution >= 4 is 33.1 Å². The van der Waals surface area contributed by atoms with Crippen LogP contribution in [-0.2, 0) is 14.8 Å². The summed E-state index contributed by atoms with van der Waals surface area (Å²) in [5.41, 5.74) is 14.4. The predicted molar refractivity (Wildman–Crippen MR) is 144 cm³/mol. The predicted octanol–water partition coefficient (Wildman–Crippen LogP) is 3.22. The average Bonchev–Trinajstić information content (AvgIpc) is 2.84. The van der Waals surface area contributed by atoms with Crippen LogP contribution >= 0.6 is 0 Å². The van der Waals surface area contributed by atoms with E-state index in [4.69, 9.17) is 22.0 Å². The van der Waals surface area contributed by atoms with E-state index in [9.17, 15) is 13.2 Å². The largest absolute Gasteiger partial charge is 0.384 e. The summed E-state index contributed by atoms with van der Waals surface area (Å²) < 4.78 is 23.8. The number of nitrogens with two attached hydrogens (primary N) is 3. The van der Waals surface area contributed by atoms with Gasteiger partial charge in [0.15, 0.2) is 0 Å². The second-order valence-electron chi connectivity index (χ2n) is 8.49. The monoisotopic (exact) mass is 508 g/mol. The number of primary sulfonamides is 1. The van der Waals surface area contributed by atoms with Crippen LogP contribution in [0.25, 0.3) is 11.1 Å². The standard InChI is InChI=1S/C26H32N6O3S/c27-15-4-3-7-22(31-21-8-5-6-19(16-21)26(28)29)17-25(33)32-20-13-11-18(12-14-20)23-9-1-2-10-24(23)36(30,34)35/h1-2,5-6,8-14,16,22,31H,3-4,7,15,17,27H2,(H3,28,29)(H,32,33)(H2,30,34,35)/t22-/m0/s1.